The summed E-state index contributed by atoms with van der Waals surface area (Å²) in [7, 11) is -3.37. The SMILES string of the molecule is CCCCc1c[nH]c2ccc(S(=O)(=O)N3CCCCCC3)cc12. The van der Waals surface area contributed by atoms with Gasteiger partial charge in [0.1, 0.15) is 0 Å². The van der Waals surface area contributed by atoms with E-state index in [1.165, 1.54) is 5.56 Å². The van der Waals surface area contributed by atoms with E-state index < -0.39 is 10.0 Å². The Bertz CT molecular complexity index is 756. The zero-order valence-corrected chi connectivity index (χ0v) is 14.7. The number of unbranched alkanes of at least 4 members (excludes halogenated alkanes) is 1. The van der Waals surface area contributed by atoms with Gasteiger partial charge in [-0.3, -0.25) is 0 Å². The summed E-state index contributed by atoms with van der Waals surface area (Å²) < 4.78 is 27.6. The molecule has 4 nitrogen and oxygen atoms in total. The monoisotopic (exact) mass is 334 g/mol. The largest absolute Gasteiger partial charge is 0.361 e. The molecule has 0 aliphatic carbocycles. The Balaban J connectivity index is 1.94. The fourth-order valence-corrected chi connectivity index (χ4v) is 4.87. The summed E-state index contributed by atoms with van der Waals surface area (Å²) in [5, 5.41) is 1.05. The van der Waals surface area contributed by atoms with Crippen LogP contribution in [0.25, 0.3) is 10.9 Å². The van der Waals surface area contributed by atoms with Crippen LogP contribution < -0.4 is 0 Å². The van der Waals surface area contributed by atoms with Crippen LogP contribution in [-0.2, 0) is 16.4 Å². The van der Waals surface area contributed by atoms with Crippen LogP contribution in [0, 0.1) is 0 Å². The third-order valence-corrected chi connectivity index (χ3v) is 6.64. The fraction of sp³-hybridized carbons (Fsp3) is 0.556. The lowest BCUT2D eigenvalue weighted by Crippen LogP contribution is -2.31. The molecule has 0 bridgehead atoms. The van der Waals surface area contributed by atoms with Gasteiger partial charge in [0.05, 0.1) is 4.90 Å². The molecule has 1 aromatic heterocycles. The number of sulfonamides is 1. The first-order chi connectivity index (χ1) is 11.1. The van der Waals surface area contributed by atoms with Crippen molar-refractivity contribution in [3.05, 3.63) is 30.0 Å². The number of H-pyrrole nitrogens is 1. The highest BCUT2D eigenvalue weighted by molar-refractivity contribution is 7.89. The van der Waals surface area contributed by atoms with Crippen molar-refractivity contribution < 1.29 is 8.42 Å². The van der Waals surface area contributed by atoms with E-state index in [0.717, 1.165) is 55.8 Å². The summed E-state index contributed by atoms with van der Waals surface area (Å²) in [4.78, 5) is 3.69. The summed E-state index contributed by atoms with van der Waals surface area (Å²) in [5.74, 6) is 0. The van der Waals surface area contributed by atoms with Crippen LogP contribution in [0.15, 0.2) is 29.3 Å². The molecule has 0 radical (unpaired) electrons. The quantitative estimate of drug-likeness (QED) is 0.896. The number of nitrogens with zero attached hydrogens (tertiary/aromatic N) is 1. The number of fused-ring (bicyclic) bond motifs is 1. The molecule has 2 heterocycles. The minimum Gasteiger partial charge on any atom is -0.361 e. The molecule has 126 valence electrons. The molecule has 3 rings (SSSR count). The minimum absolute atomic E-state index is 0.434. The van der Waals surface area contributed by atoms with Crippen LogP contribution in [-0.4, -0.2) is 30.8 Å². The third-order valence-electron chi connectivity index (χ3n) is 4.74. The first kappa shape index (κ1) is 16.5. The number of benzene rings is 1. The standard InChI is InChI=1S/C18H26N2O2S/c1-2-3-8-15-14-19-18-10-9-16(13-17(15)18)23(21,22)20-11-6-4-5-7-12-20/h9-10,13-14,19H,2-8,11-12H2,1H3. The summed E-state index contributed by atoms with van der Waals surface area (Å²) >= 11 is 0. The second kappa shape index (κ2) is 7.05. The second-order valence-electron chi connectivity index (χ2n) is 6.44. The molecule has 5 heteroatoms. The molecule has 0 saturated carbocycles. The Morgan fingerprint density at radius 1 is 1.13 bits per heavy atom. The van der Waals surface area contributed by atoms with Gasteiger partial charge < -0.3 is 4.98 Å². The van der Waals surface area contributed by atoms with Crippen molar-refractivity contribution in [3.8, 4) is 0 Å². The Hall–Kier alpha value is -1.33. The van der Waals surface area contributed by atoms with Crippen LogP contribution in [0.5, 0.6) is 0 Å². The van der Waals surface area contributed by atoms with Gasteiger partial charge in [-0.2, -0.15) is 4.31 Å². The van der Waals surface area contributed by atoms with E-state index in [-0.39, 0.29) is 0 Å². The van der Waals surface area contributed by atoms with E-state index in [2.05, 4.69) is 11.9 Å². The Morgan fingerprint density at radius 2 is 1.87 bits per heavy atom. The fourth-order valence-electron chi connectivity index (χ4n) is 3.32. The average molecular weight is 334 g/mol. The van der Waals surface area contributed by atoms with E-state index >= 15 is 0 Å². The lowest BCUT2D eigenvalue weighted by atomic mass is 10.1. The zero-order valence-electron chi connectivity index (χ0n) is 13.8. The van der Waals surface area contributed by atoms with Crippen LogP contribution >= 0.6 is 0 Å². The maximum absolute atomic E-state index is 12.9. The molecule has 1 saturated heterocycles. The molecule has 1 aliphatic rings. The highest BCUT2D eigenvalue weighted by Gasteiger charge is 2.25. The van der Waals surface area contributed by atoms with E-state index in [0.29, 0.717) is 18.0 Å². The maximum atomic E-state index is 12.9. The first-order valence-corrected chi connectivity index (χ1v) is 10.2. The van der Waals surface area contributed by atoms with Crippen molar-refractivity contribution in [3.63, 3.8) is 0 Å². The van der Waals surface area contributed by atoms with E-state index in [1.807, 2.05) is 18.3 Å². The molecule has 23 heavy (non-hydrogen) atoms. The van der Waals surface area contributed by atoms with Crippen LogP contribution in [0.2, 0.25) is 0 Å². The molecule has 1 aromatic carbocycles. The van der Waals surface area contributed by atoms with Crippen molar-refractivity contribution in [2.45, 2.75) is 56.8 Å². The first-order valence-electron chi connectivity index (χ1n) is 8.73. The van der Waals surface area contributed by atoms with Crippen molar-refractivity contribution in [1.82, 2.24) is 9.29 Å². The van der Waals surface area contributed by atoms with Crippen molar-refractivity contribution >= 4 is 20.9 Å². The van der Waals surface area contributed by atoms with Gasteiger partial charge in [-0.15, -0.1) is 0 Å². The molecule has 0 unspecified atom stereocenters. The third kappa shape index (κ3) is 3.45. The summed E-state index contributed by atoms with van der Waals surface area (Å²) in [6.07, 6.45) is 9.45. The predicted molar refractivity (Wildman–Crippen MR) is 94.1 cm³/mol. The van der Waals surface area contributed by atoms with E-state index in [1.54, 1.807) is 10.4 Å². The predicted octanol–water partition coefficient (Wildman–Crippen LogP) is 4.08. The van der Waals surface area contributed by atoms with Crippen molar-refractivity contribution in [1.29, 1.82) is 0 Å². The molecule has 0 spiro atoms. The molecular weight excluding hydrogens is 308 g/mol. The Labute approximate surface area is 138 Å². The van der Waals surface area contributed by atoms with E-state index in [9.17, 15) is 8.42 Å². The van der Waals surface area contributed by atoms with Gasteiger partial charge >= 0.3 is 0 Å². The van der Waals surface area contributed by atoms with Gasteiger partial charge in [0, 0.05) is 30.2 Å². The summed E-state index contributed by atoms with van der Waals surface area (Å²) in [5.41, 5.74) is 2.24. The lowest BCUT2D eigenvalue weighted by Gasteiger charge is -2.20. The number of aromatic nitrogens is 1. The number of hydrogen-bond donors (Lipinski definition) is 1. The van der Waals surface area contributed by atoms with Gasteiger partial charge in [-0.1, -0.05) is 26.2 Å². The number of hydrogen-bond acceptors (Lipinski definition) is 2. The molecule has 1 fully saturated rings. The van der Waals surface area contributed by atoms with Gasteiger partial charge in [0.25, 0.3) is 0 Å². The van der Waals surface area contributed by atoms with Gasteiger partial charge in [0.15, 0.2) is 0 Å². The number of aromatic amines is 1. The molecule has 0 atom stereocenters. The summed E-state index contributed by atoms with van der Waals surface area (Å²) in [6, 6.07) is 5.50. The van der Waals surface area contributed by atoms with Crippen molar-refractivity contribution in [2.24, 2.45) is 0 Å². The van der Waals surface area contributed by atoms with Crippen LogP contribution in [0.3, 0.4) is 0 Å². The summed E-state index contributed by atoms with van der Waals surface area (Å²) in [6.45, 7) is 3.47. The molecule has 1 N–H and O–H groups in total. The highest BCUT2D eigenvalue weighted by atomic mass is 32.2. The Morgan fingerprint density at radius 3 is 2.57 bits per heavy atom. The zero-order chi connectivity index (χ0) is 16.3. The molecule has 2 aromatic rings. The van der Waals surface area contributed by atoms with Crippen LogP contribution in [0.1, 0.15) is 51.0 Å². The van der Waals surface area contributed by atoms with E-state index in [4.69, 9.17) is 0 Å². The van der Waals surface area contributed by atoms with Gasteiger partial charge in [-0.05, 0) is 49.4 Å². The van der Waals surface area contributed by atoms with Gasteiger partial charge in [0.2, 0.25) is 10.0 Å². The average Bonchev–Trinajstić information content (AvgIpc) is 2.76. The van der Waals surface area contributed by atoms with Crippen molar-refractivity contribution in [2.75, 3.05) is 13.1 Å². The lowest BCUT2D eigenvalue weighted by molar-refractivity contribution is 0.424. The molecular formula is C18H26N2O2S. The smallest absolute Gasteiger partial charge is 0.243 e. The Kier molecular flexibility index (Phi) is 5.07. The maximum Gasteiger partial charge on any atom is 0.243 e. The minimum atomic E-state index is -3.37. The topological polar surface area (TPSA) is 53.2 Å². The van der Waals surface area contributed by atoms with Crippen LogP contribution in [0.4, 0.5) is 0 Å². The number of rotatable bonds is 5. The molecule has 0 amide bonds. The second-order valence-corrected chi connectivity index (χ2v) is 8.38. The molecule has 1 aliphatic heterocycles. The number of aryl methyl sites for hydroxylation is 1. The van der Waals surface area contributed by atoms with Gasteiger partial charge in [-0.25, -0.2) is 8.42 Å². The normalized spacial score (nSPS) is 17.4. The number of nitrogens with one attached hydrogen (secondary N) is 1. The highest BCUT2D eigenvalue weighted by Crippen LogP contribution is 2.26.